The summed E-state index contributed by atoms with van der Waals surface area (Å²) < 4.78 is 28.3. The number of alkyl halides is 1. The van der Waals surface area contributed by atoms with Crippen molar-refractivity contribution in [3.8, 4) is 0 Å². The molecule has 2 aromatic carbocycles. The van der Waals surface area contributed by atoms with Crippen molar-refractivity contribution >= 4 is 50.1 Å². The highest BCUT2D eigenvalue weighted by molar-refractivity contribution is 14.1. The van der Waals surface area contributed by atoms with E-state index < -0.39 is 17.0 Å². The third-order valence-electron chi connectivity index (χ3n) is 2.48. The lowest BCUT2D eigenvalue weighted by molar-refractivity contribution is 0.582. The van der Waals surface area contributed by atoms with E-state index in [0.717, 1.165) is 21.3 Å². The van der Waals surface area contributed by atoms with Gasteiger partial charge in [-0.25, -0.2) is 8.78 Å². The molecule has 0 spiro atoms. The van der Waals surface area contributed by atoms with Gasteiger partial charge in [0.05, 0.1) is 9.85 Å². The van der Waals surface area contributed by atoms with Gasteiger partial charge in [0.25, 0.3) is 0 Å². The number of hydrogen-bond donors (Lipinski definition) is 0. The van der Waals surface area contributed by atoms with Gasteiger partial charge in [0.15, 0.2) is 0 Å². The van der Waals surface area contributed by atoms with Crippen LogP contribution in [-0.2, 0) is 0 Å². The quantitative estimate of drug-likeness (QED) is 0.319. The Morgan fingerprint density at radius 2 is 1.67 bits per heavy atom. The SMILES string of the molecule is Fc1cc(C(Cl)c2ccc(I)cc2)c(F)cc1Br. The molecule has 0 heterocycles. The third kappa shape index (κ3) is 3.03. The highest BCUT2D eigenvalue weighted by Gasteiger charge is 2.17. The maximum Gasteiger partial charge on any atom is 0.137 e. The zero-order chi connectivity index (χ0) is 13.3. The molecule has 5 heteroatoms. The van der Waals surface area contributed by atoms with Crippen molar-refractivity contribution in [1.29, 1.82) is 0 Å². The van der Waals surface area contributed by atoms with Gasteiger partial charge in [-0.05, 0) is 68.3 Å². The van der Waals surface area contributed by atoms with E-state index in [-0.39, 0.29) is 10.0 Å². The maximum atomic E-state index is 13.8. The fraction of sp³-hybridized carbons (Fsp3) is 0.0769. The maximum absolute atomic E-state index is 13.8. The summed E-state index contributed by atoms with van der Waals surface area (Å²) in [5.74, 6) is -1.05. The number of hydrogen-bond acceptors (Lipinski definition) is 0. The second-order valence-corrected chi connectivity index (χ2v) is 6.24. The van der Waals surface area contributed by atoms with Crippen LogP contribution >= 0.6 is 50.1 Å². The minimum absolute atomic E-state index is 0.0928. The molecule has 0 nitrogen and oxygen atoms in total. The van der Waals surface area contributed by atoms with Gasteiger partial charge in [-0.2, -0.15) is 0 Å². The van der Waals surface area contributed by atoms with E-state index in [1.807, 2.05) is 12.1 Å². The zero-order valence-electron chi connectivity index (χ0n) is 8.93. The van der Waals surface area contributed by atoms with Crippen molar-refractivity contribution in [1.82, 2.24) is 0 Å². The van der Waals surface area contributed by atoms with Crippen molar-refractivity contribution in [2.45, 2.75) is 5.38 Å². The fourth-order valence-corrected chi connectivity index (χ4v) is 2.53. The number of benzene rings is 2. The zero-order valence-corrected chi connectivity index (χ0v) is 13.4. The molecule has 0 N–H and O–H groups in total. The Labute approximate surface area is 131 Å². The molecule has 0 aromatic heterocycles. The first-order chi connectivity index (χ1) is 8.49. The van der Waals surface area contributed by atoms with Crippen LogP contribution in [0.2, 0.25) is 0 Å². The lowest BCUT2D eigenvalue weighted by Gasteiger charge is -2.12. The van der Waals surface area contributed by atoms with Gasteiger partial charge in [0.2, 0.25) is 0 Å². The summed E-state index contributed by atoms with van der Waals surface area (Å²) in [5.41, 5.74) is 0.872. The summed E-state index contributed by atoms with van der Waals surface area (Å²) in [4.78, 5) is 0. The van der Waals surface area contributed by atoms with Crippen LogP contribution in [0, 0.1) is 15.2 Å². The summed E-state index contributed by atoms with van der Waals surface area (Å²) in [7, 11) is 0. The number of rotatable bonds is 2. The van der Waals surface area contributed by atoms with Gasteiger partial charge < -0.3 is 0 Å². The molecule has 0 saturated carbocycles. The van der Waals surface area contributed by atoms with Crippen LogP contribution < -0.4 is 0 Å². The summed E-state index contributed by atoms with van der Waals surface area (Å²) in [6.45, 7) is 0. The van der Waals surface area contributed by atoms with Crippen molar-refractivity contribution in [2.75, 3.05) is 0 Å². The Kier molecular flexibility index (Phi) is 4.61. The minimum atomic E-state index is -0.704. The first kappa shape index (κ1) is 14.2. The summed E-state index contributed by atoms with van der Waals surface area (Å²) in [6, 6.07) is 9.57. The van der Waals surface area contributed by atoms with Crippen molar-refractivity contribution in [3.63, 3.8) is 0 Å². The summed E-state index contributed by atoms with van der Waals surface area (Å²) >= 11 is 11.3. The van der Waals surface area contributed by atoms with E-state index in [1.54, 1.807) is 12.1 Å². The van der Waals surface area contributed by atoms with Crippen LogP contribution in [-0.4, -0.2) is 0 Å². The molecule has 0 aliphatic heterocycles. The fourth-order valence-electron chi connectivity index (χ4n) is 1.54. The highest BCUT2D eigenvalue weighted by Crippen LogP contribution is 2.33. The average Bonchev–Trinajstić information content (AvgIpc) is 2.34. The predicted octanol–water partition coefficient (Wildman–Crippen LogP) is 5.66. The van der Waals surface area contributed by atoms with Crippen molar-refractivity contribution < 1.29 is 8.78 Å². The van der Waals surface area contributed by atoms with Gasteiger partial charge in [-0.15, -0.1) is 11.6 Å². The molecule has 2 aromatic rings. The monoisotopic (exact) mass is 442 g/mol. The van der Waals surface area contributed by atoms with Crippen LogP contribution in [0.25, 0.3) is 0 Å². The predicted molar refractivity (Wildman–Crippen MR) is 80.9 cm³/mol. The molecule has 1 unspecified atom stereocenters. The second-order valence-electron chi connectivity index (χ2n) is 3.70. The normalized spacial score (nSPS) is 12.5. The van der Waals surface area contributed by atoms with E-state index in [9.17, 15) is 8.78 Å². The van der Waals surface area contributed by atoms with Crippen LogP contribution in [0.1, 0.15) is 16.5 Å². The largest absolute Gasteiger partial charge is 0.207 e. The van der Waals surface area contributed by atoms with Crippen molar-refractivity contribution in [3.05, 3.63) is 67.2 Å². The molecule has 0 bridgehead atoms. The van der Waals surface area contributed by atoms with E-state index >= 15 is 0 Å². The Bertz CT molecular complexity index is 572. The smallest absolute Gasteiger partial charge is 0.137 e. The molecule has 0 radical (unpaired) electrons. The van der Waals surface area contributed by atoms with Crippen LogP contribution in [0.4, 0.5) is 8.78 Å². The lowest BCUT2D eigenvalue weighted by atomic mass is 10.0. The molecule has 1 atom stereocenters. The Hall–Kier alpha value is -0.200. The lowest BCUT2D eigenvalue weighted by Crippen LogP contribution is -1.99. The molecule has 0 saturated heterocycles. The molecule has 0 amide bonds. The van der Waals surface area contributed by atoms with Crippen LogP contribution in [0.5, 0.6) is 0 Å². The van der Waals surface area contributed by atoms with Crippen molar-refractivity contribution in [2.24, 2.45) is 0 Å². The first-order valence-corrected chi connectivity index (χ1v) is 7.34. The van der Waals surface area contributed by atoms with Gasteiger partial charge in [0, 0.05) is 9.13 Å². The van der Waals surface area contributed by atoms with E-state index in [0.29, 0.717) is 0 Å². The second kappa shape index (κ2) is 5.84. The van der Waals surface area contributed by atoms with Gasteiger partial charge in [-0.3, -0.25) is 0 Å². The Morgan fingerprint density at radius 1 is 1.06 bits per heavy atom. The molecular weight excluding hydrogens is 436 g/mol. The molecule has 18 heavy (non-hydrogen) atoms. The topological polar surface area (TPSA) is 0 Å². The van der Waals surface area contributed by atoms with Crippen LogP contribution in [0.15, 0.2) is 40.9 Å². The summed E-state index contributed by atoms with van der Waals surface area (Å²) in [6.07, 6.45) is 0. The highest BCUT2D eigenvalue weighted by atomic mass is 127. The number of halogens is 5. The van der Waals surface area contributed by atoms with Gasteiger partial charge >= 0.3 is 0 Å². The molecule has 0 aliphatic rings. The van der Waals surface area contributed by atoms with Gasteiger partial charge in [0.1, 0.15) is 11.6 Å². The van der Waals surface area contributed by atoms with Gasteiger partial charge in [-0.1, -0.05) is 12.1 Å². The molecule has 0 aliphatic carbocycles. The Balaban J connectivity index is 2.42. The first-order valence-electron chi connectivity index (χ1n) is 5.03. The van der Waals surface area contributed by atoms with E-state index in [1.165, 1.54) is 0 Å². The van der Waals surface area contributed by atoms with E-state index in [4.69, 9.17) is 11.6 Å². The minimum Gasteiger partial charge on any atom is -0.207 e. The standard InChI is InChI=1S/C13H7BrClF2I/c14-10-6-11(16)9(5-12(10)17)13(15)7-1-3-8(18)4-2-7/h1-6,13H. The molecule has 2 rings (SSSR count). The molecule has 94 valence electrons. The summed E-state index contributed by atoms with van der Waals surface area (Å²) in [5, 5.41) is -0.704. The van der Waals surface area contributed by atoms with E-state index in [2.05, 4.69) is 38.5 Å². The Morgan fingerprint density at radius 3 is 2.28 bits per heavy atom. The molecule has 0 fully saturated rings. The van der Waals surface area contributed by atoms with Crippen LogP contribution in [0.3, 0.4) is 0 Å². The average molecular weight is 443 g/mol. The molecular formula is C13H7BrClF2I. The third-order valence-corrected chi connectivity index (χ3v) is 4.29.